The van der Waals surface area contributed by atoms with Crippen LogP contribution in [0.3, 0.4) is 0 Å². The molecule has 4 heteroatoms. The topological polar surface area (TPSA) is 58.2 Å². The number of benzene rings is 1. The summed E-state index contributed by atoms with van der Waals surface area (Å²) in [5, 5.41) is 5.93. The van der Waals surface area contributed by atoms with E-state index in [0.717, 1.165) is 25.8 Å². The average Bonchev–Trinajstić information content (AvgIpc) is 2.88. The van der Waals surface area contributed by atoms with Crippen molar-refractivity contribution in [2.45, 2.75) is 57.9 Å². The van der Waals surface area contributed by atoms with E-state index < -0.39 is 0 Å². The van der Waals surface area contributed by atoms with Gasteiger partial charge in [0, 0.05) is 18.4 Å². The van der Waals surface area contributed by atoms with E-state index >= 15 is 0 Å². The summed E-state index contributed by atoms with van der Waals surface area (Å²) < 4.78 is 0. The minimum absolute atomic E-state index is 0.0733. The van der Waals surface area contributed by atoms with E-state index in [1.165, 1.54) is 24.8 Å². The van der Waals surface area contributed by atoms with Crippen molar-refractivity contribution in [3.05, 3.63) is 35.9 Å². The summed E-state index contributed by atoms with van der Waals surface area (Å²) in [6, 6.07) is 10.9. The molecule has 0 aromatic heterocycles. The lowest BCUT2D eigenvalue weighted by atomic mass is 9.99. The van der Waals surface area contributed by atoms with Crippen molar-refractivity contribution < 1.29 is 9.59 Å². The molecule has 1 aliphatic heterocycles. The zero-order valence-corrected chi connectivity index (χ0v) is 14.0. The maximum atomic E-state index is 11.4. The summed E-state index contributed by atoms with van der Waals surface area (Å²) in [7, 11) is 0. The number of hydrogen-bond donors (Lipinski definition) is 2. The van der Waals surface area contributed by atoms with Gasteiger partial charge in [-0.25, -0.2) is 0 Å². The molecule has 1 unspecified atom stereocenters. The molecule has 2 atom stereocenters. The predicted molar refractivity (Wildman–Crippen MR) is 91.8 cm³/mol. The van der Waals surface area contributed by atoms with Gasteiger partial charge >= 0.3 is 0 Å². The Balaban J connectivity index is 1.45. The SMILES string of the molecule is C[C@@H](NCCCCCCCC1CC(=O)NC1=O)c1ccccc1. The highest BCUT2D eigenvalue weighted by atomic mass is 16.2. The van der Waals surface area contributed by atoms with Crippen molar-refractivity contribution in [1.29, 1.82) is 0 Å². The number of hydrogen-bond acceptors (Lipinski definition) is 3. The van der Waals surface area contributed by atoms with Crippen molar-refractivity contribution in [1.82, 2.24) is 10.6 Å². The van der Waals surface area contributed by atoms with E-state index in [1.807, 2.05) is 6.07 Å². The summed E-state index contributed by atoms with van der Waals surface area (Å²) in [4.78, 5) is 22.5. The second kappa shape index (κ2) is 9.46. The number of amides is 2. The van der Waals surface area contributed by atoms with Gasteiger partial charge in [-0.1, -0.05) is 56.0 Å². The monoisotopic (exact) mass is 316 g/mol. The molecule has 23 heavy (non-hydrogen) atoms. The predicted octanol–water partition coefficient (Wildman–Crippen LogP) is 3.34. The van der Waals surface area contributed by atoms with Crippen LogP contribution in [-0.2, 0) is 9.59 Å². The zero-order chi connectivity index (χ0) is 16.5. The van der Waals surface area contributed by atoms with E-state index in [2.05, 4.69) is 41.8 Å². The van der Waals surface area contributed by atoms with Gasteiger partial charge in [-0.3, -0.25) is 14.9 Å². The molecule has 2 amide bonds. The Bertz CT molecular complexity index is 501. The Morgan fingerprint density at radius 2 is 1.78 bits per heavy atom. The molecule has 126 valence electrons. The smallest absolute Gasteiger partial charge is 0.230 e. The lowest BCUT2D eigenvalue weighted by Gasteiger charge is -2.14. The quantitative estimate of drug-likeness (QED) is 0.514. The van der Waals surface area contributed by atoms with Crippen LogP contribution in [0.15, 0.2) is 30.3 Å². The molecule has 1 aromatic carbocycles. The molecule has 2 rings (SSSR count). The number of imide groups is 1. The van der Waals surface area contributed by atoms with Gasteiger partial charge in [-0.15, -0.1) is 0 Å². The summed E-state index contributed by atoms with van der Waals surface area (Å²) >= 11 is 0. The maximum Gasteiger partial charge on any atom is 0.230 e. The highest BCUT2D eigenvalue weighted by molar-refractivity contribution is 6.03. The molecular formula is C19H28N2O2. The van der Waals surface area contributed by atoms with Crippen LogP contribution in [0.5, 0.6) is 0 Å². The Morgan fingerprint density at radius 3 is 2.48 bits per heavy atom. The van der Waals surface area contributed by atoms with E-state index in [-0.39, 0.29) is 17.7 Å². The van der Waals surface area contributed by atoms with Gasteiger partial charge in [-0.05, 0) is 31.9 Å². The lowest BCUT2D eigenvalue weighted by molar-refractivity contribution is -0.125. The Hall–Kier alpha value is -1.68. The highest BCUT2D eigenvalue weighted by Crippen LogP contribution is 2.19. The third-order valence-electron chi connectivity index (χ3n) is 4.54. The van der Waals surface area contributed by atoms with Crippen LogP contribution in [0, 0.1) is 5.92 Å². The molecule has 0 radical (unpaired) electrons. The first-order valence-corrected chi connectivity index (χ1v) is 8.79. The van der Waals surface area contributed by atoms with Gasteiger partial charge in [0.05, 0.1) is 0 Å². The fourth-order valence-electron chi connectivity index (χ4n) is 3.06. The van der Waals surface area contributed by atoms with Crippen LogP contribution in [0.25, 0.3) is 0 Å². The normalized spacial score (nSPS) is 18.9. The van der Waals surface area contributed by atoms with Crippen LogP contribution in [0.1, 0.15) is 63.5 Å². The molecule has 0 bridgehead atoms. The summed E-state index contributed by atoms with van der Waals surface area (Å²) in [5.41, 5.74) is 1.33. The molecule has 1 aromatic rings. The second-order valence-corrected chi connectivity index (χ2v) is 6.46. The van der Waals surface area contributed by atoms with Gasteiger partial charge in [0.25, 0.3) is 0 Å². The van der Waals surface area contributed by atoms with Gasteiger partial charge in [0.15, 0.2) is 0 Å². The van der Waals surface area contributed by atoms with Crippen molar-refractivity contribution in [2.24, 2.45) is 5.92 Å². The van der Waals surface area contributed by atoms with E-state index in [0.29, 0.717) is 12.5 Å². The van der Waals surface area contributed by atoms with Crippen molar-refractivity contribution in [3.63, 3.8) is 0 Å². The molecule has 1 aliphatic rings. The van der Waals surface area contributed by atoms with Gasteiger partial charge < -0.3 is 5.32 Å². The molecule has 0 aliphatic carbocycles. The molecule has 2 N–H and O–H groups in total. The lowest BCUT2D eigenvalue weighted by Crippen LogP contribution is -2.22. The van der Waals surface area contributed by atoms with Crippen LogP contribution < -0.4 is 10.6 Å². The minimum Gasteiger partial charge on any atom is -0.310 e. The van der Waals surface area contributed by atoms with E-state index in [4.69, 9.17) is 0 Å². The number of rotatable bonds is 10. The number of carbonyl (C=O) groups excluding carboxylic acids is 2. The second-order valence-electron chi connectivity index (χ2n) is 6.46. The molecule has 0 saturated carbocycles. The summed E-state index contributed by atoms with van der Waals surface area (Å²) in [5.74, 6) is -0.261. The highest BCUT2D eigenvalue weighted by Gasteiger charge is 2.29. The number of unbranched alkanes of at least 4 members (excludes halogenated alkanes) is 4. The van der Waals surface area contributed by atoms with E-state index in [9.17, 15) is 9.59 Å². The van der Waals surface area contributed by atoms with Crippen LogP contribution in [0.4, 0.5) is 0 Å². The van der Waals surface area contributed by atoms with Crippen LogP contribution in [-0.4, -0.2) is 18.4 Å². The number of nitrogens with one attached hydrogen (secondary N) is 2. The molecule has 1 saturated heterocycles. The number of carbonyl (C=O) groups is 2. The Kier molecular flexibility index (Phi) is 7.27. The molecular weight excluding hydrogens is 288 g/mol. The van der Waals surface area contributed by atoms with Crippen molar-refractivity contribution in [3.8, 4) is 0 Å². The summed E-state index contributed by atoms with van der Waals surface area (Å²) in [6.45, 7) is 3.23. The van der Waals surface area contributed by atoms with Crippen LogP contribution >= 0.6 is 0 Å². The molecule has 4 nitrogen and oxygen atoms in total. The molecule has 1 fully saturated rings. The van der Waals surface area contributed by atoms with Crippen molar-refractivity contribution >= 4 is 11.8 Å². The third-order valence-corrected chi connectivity index (χ3v) is 4.54. The zero-order valence-electron chi connectivity index (χ0n) is 14.0. The Labute approximate surface area is 139 Å². The molecule has 1 heterocycles. The van der Waals surface area contributed by atoms with Crippen LogP contribution in [0.2, 0.25) is 0 Å². The van der Waals surface area contributed by atoms with Gasteiger partial charge in [-0.2, -0.15) is 0 Å². The van der Waals surface area contributed by atoms with E-state index in [1.54, 1.807) is 0 Å². The first kappa shape index (κ1) is 17.7. The van der Waals surface area contributed by atoms with Gasteiger partial charge in [0.1, 0.15) is 0 Å². The standard InChI is InChI=1S/C19H28N2O2/c1-15(16-10-7-5-8-11-16)20-13-9-4-2-3-6-12-17-14-18(22)21-19(17)23/h5,7-8,10-11,15,17,20H,2-4,6,9,12-14H2,1H3,(H,21,22,23)/t15-,17?/m1/s1. The Morgan fingerprint density at radius 1 is 1.09 bits per heavy atom. The first-order chi connectivity index (χ1) is 11.2. The maximum absolute atomic E-state index is 11.4. The fraction of sp³-hybridized carbons (Fsp3) is 0.579. The summed E-state index contributed by atoms with van der Waals surface area (Å²) in [6.07, 6.45) is 7.01. The first-order valence-electron chi connectivity index (χ1n) is 8.79. The minimum atomic E-state index is -0.112. The van der Waals surface area contributed by atoms with Crippen molar-refractivity contribution in [2.75, 3.05) is 6.54 Å². The average molecular weight is 316 g/mol. The molecule has 0 spiro atoms. The van der Waals surface area contributed by atoms with Gasteiger partial charge in [0.2, 0.25) is 11.8 Å². The fourth-order valence-corrected chi connectivity index (χ4v) is 3.06. The third kappa shape index (κ3) is 6.14. The largest absolute Gasteiger partial charge is 0.310 e.